The maximum absolute atomic E-state index is 8.58. The molecule has 74 valence electrons. The standard InChI is InChI=1S/C7H14.C2H6.CH3NO/c1-7-5-3-2-4-6-7;1-2;2-1-3/h7H,2-6H2,1H3;1-2H3;1H,(H2,2,3). The van der Waals surface area contributed by atoms with Crippen LogP contribution in [0.3, 0.4) is 0 Å². The fourth-order valence-electron chi connectivity index (χ4n) is 1.31. The topological polar surface area (TPSA) is 43.1 Å². The molecule has 1 amide bonds. The third-order valence-electron chi connectivity index (χ3n) is 1.89. The molecule has 0 bridgehead atoms. The van der Waals surface area contributed by atoms with Gasteiger partial charge in [0.2, 0.25) is 6.41 Å². The average Bonchev–Trinajstić information content (AvgIpc) is 2.11. The van der Waals surface area contributed by atoms with Crippen molar-refractivity contribution in [1.29, 1.82) is 0 Å². The average molecular weight is 173 g/mol. The van der Waals surface area contributed by atoms with Crippen LogP contribution in [0.25, 0.3) is 0 Å². The number of carbonyl (C=O) groups is 1. The third-order valence-corrected chi connectivity index (χ3v) is 1.89. The van der Waals surface area contributed by atoms with Crippen molar-refractivity contribution in [2.24, 2.45) is 11.7 Å². The molecule has 0 aromatic rings. The molecule has 0 aliphatic heterocycles. The minimum atomic E-state index is 0.250. The van der Waals surface area contributed by atoms with Gasteiger partial charge in [0.1, 0.15) is 0 Å². The molecule has 0 radical (unpaired) electrons. The number of primary amides is 1. The van der Waals surface area contributed by atoms with Crippen LogP contribution in [0.2, 0.25) is 0 Å². The first-order valence-corrected chi connectivity index (χ1v) is 4.96. The number of carbonyl (C=O) groups excluding carboxylic acids is 1. The minimum absolute atomic E-state index is 0.250. The SMILES string of the molecule is CC.CC1CCCCC1.NC=O. The molecule has 2 heteroatoms. The molecule has 2 nitrogen and oxygen atoms in total. The zero-order valence-electron chi connectivity index (χ0n) is 8.68. The van der Waals surface area contributed by atoms with Crippen LogP contribution >= 0.6 is 0 Å². The van der Waals surface area contributed by atoms with Crippen molar-refractivity contribution in [2.75, 3.05) is 0 Å². The largest absolute Gasteiger partial charge is 0.372 e. The Hall–Kier alpha value is -0.530. The summed E-state index contributed by atoms with van der Waals surface area (Å²) in [6, 6.07) is 0. The monoisotopic (exact) mass is 173 g/mol. The molecule has 1 rings (SSSR count). The molecular formula is C10H23NO. The van der Waals surface area contributed by atoms with E-state index in [4.69, 9.17) is 4.79 Å². The van der Waals surface area contributed by atoms with Gasteiger partial charge in [0.15, 0.2) is 0 Å². The number of hydrogen-bond donors (Lipinski definition) is 1. The van der Waals surface area contributed by atoms with Crippen LogP contribution in [0.15, 0.2) is 0 Å². The molecule has 0 spiro atoms. The first-order chi connectivity index (χ1) is 5.81. The van der Waals surface area contributed by atoms with E-state index in [1.54, 1.807) is 0 Å². The second kappa shape index (κ2) is 13.1. The van der Waals surface area contributed by atoms with Crippen molar-refractivity contribution in [3.05, 3.63) is 0 Å². The van der Waals surface area contributed by atoms with E-state index in [9.17, 15) is 0 Å². The molecule has 1 aliphatic rings. The first-order valence-electron chi connectivity index (χ1n) is 4.96. The fraction of sp³-hybridized carbons (Fsp3) is 0.900. The summed E-state index contributed by atoms with van der Waals surface area (Å²) in [5.41, 5.74) is 4.17. The van der Waals surface area contributed by atoms with Gasteiger partial charge in [-0.15, -0.1) is 0 Å². The predicted octanol–water partition coefficient (Wildman–Crippen LogP) is 2.71. The highest BCUT2D eigenvalue weighted by atomic mass is 16.1. The normalized spacial score (nSPS) is 16.2. The number of hydrogen-bond acceptors (Lipinski definition) is 1. The lowest BCUT2D eigenvalue weighted by atomic mass is 9.91. The highest BCUT2D eigenvalue weighted by Crippen LogP contribution is 2.21. The summed E-state index contributed by atoms with van der Waals surface area (Å²) >= 11 is 0. The van der Waals surface area contributed by atoms with Gasteiger partial charge >= 0.3 is 0 Å². The minimum Gasteiger partial charge on any atom is -0.372 e. The smallest absolute Gasteiger partial charge is 0.204 e. The molecule has 0 saturated heterocycles. The first kappa shape index (κ1) is 14.0. The molecule has 0 aromatic carbocycles. The lowest BCUT2D eigenvalue weighted by molar-refractivity contribution is -0.106. The number of nitrogens with two attached hydrogens (primary N) is 1. The quantitative estimate of drug-likeness (QED) is 0.562. The van der Waals surface area contributed by atoms with Crippen molar-refractivity contribution in [2.45, 2.75) is 52.9 Å². The summed E-state index contributed by atoms with van der Waals surface area (Å²) in [6.45, 7) is 6.36. The maximum Gasteiger partial charge on any atom is 0.204 e. The van der Waals surface area contributed by atoms with Crippen molar-refractivity contribution in [3.8, 4) is 0 Å². The lowest BCUT2D eigenvalue weighted by Crippen LogP contribution is -1.99. The van der Waals surface area contributed by atoms with E-state index >= 15 is 0 Å². The van der Waals surface area contributed by atoms with E-state index in [1.165, 1.54) is 32.1 Å². The number of amides is 1. The second-order valence-corrected chi connectivity index (χ2v) is 2.88. The Morgan fingerprint density at radius 2 is 1.50 bits per heavy atom. The zero-order chi connectivity index (χ0) is 9.82. The van der Waals surface area contributed by atoms with Gasteiger partial charge in [0.25, 0.3) is 0 Å². The Morgan fingerprint density at radius 1 is 1.17 bits per heavy atom. The Morgan fingerprint density at radius 3 is 1.67 bits per heavy atom. The van der Waals surface area contributed by atoms with E-state index < -0.39 is 0 Å². The van der Waals surface area contributed by atoms with E-state index in [2.05, 4.69) is 12.7 Å². The maximum atomic E-state index is 8.58. The van der Waals surface area contributed by atoms with Gasteiger partial charge in [0.05, 0.1) is 0 Å². The Labute approximate surface area is 76.5 Å². The van der Waals surface area contributed by atoms with Gasteiger partial charge < -0.3 is 5.73 Å². The van der Waals surface area contributed by atoms with Gasteiger partial charge in [-0.05, 0) is 5.92 Å². The summed E-state index contributed by atoms with van der Waals surface area (Å²) < 4.78 is 0. The summed E-state index contributed by atoms with van der Waals surface area (Å²) in [7, 11) is 0. The molecule has 0 aromatic heterocycles. The summed E-state index contributed by atoms with van der Waals surface area (Å²) in [5, 5.41) is 0. The van der Waals surface area contributed by atoms with Crippen LogP contribution in [0, 0.1) is 5.92 Å². The van der Waals surface area contributed by atoms with Crippen LogP contribution in [0.4, 0.5) is 0 Å². The molecule has 1 aliphatic carbocycles. The van der Waals surface area contributed by atoms with E-state index in [-0.39, 0.29) is 6.41 Å². The highest BCUT2D eigenvalue weighted by molar-refractivity contribution is 5.42. The van der Waals surface area contributed by atoms with Crippen LogP contribution in [-0.2, 0) is 4.79 Å². The van der Waals surface area contributed by atoms with Crippen molar-refractivity contribution in [1.82, 2.24) is 0 Å². The summed E-state index contributed by atoms with van der Waals surface area (Å²) in [5.74, 6) is 1.04. The summed E-state index contributed by atoms with van der Waals surface area (Å²) in [6.07, 6.45) is 7.69. The molecule has 0 unspecified atom stereocenters. The third kappa shape index (κ3) is 12.2. The molecule has 0 atom stereocenters. The zero-order valence-corrected chi connectivity index (χ0v) is 8.68. The van der Waals surface area contributed by atoms with E-state index in [1.807, 2.05) is 13.8 Å². The van der Waals surface area contributed by atoms with Crippen LogP contribution in [-0.4, -0.2) is 6.41 Å². The van der Waals surface area contributed by atoms with Crippen LogP contribution in [0.5, 0.6) is 0 Å². The Bertz CT molecular complexity index is 77.9. The second-order valence-electron chi connectivity index (χ2n) is 2.88. The molecule has 0 heterocycles. The molecular weight excluding hydrogens is 150 g/mol. The highest BCUT2D eigenvalue weighted by Gasteiger charge is 2.05. The number of rotatable bonds is 0. The molecule has 12 heavy (non-hydrogen) atoms. The van der Waals surface area contributed by atoms with Crippen molar-refractivity contribution < 1.29 is 4.79 Å². The van der Waals surface area contributed by atoms with Crippen molar-refractivity contribution >= 4 is 6.41 Å². The summed E-state index contributed by atoms with van der Waals surface area (Å²) in [4.78, 5) is 8.58. The van der Waals surface area contributed by atoms with Gasteiger partial charge in [-0.2, -0.15) is 0 Å². The van der Waals surface area contributed by atoms with Gasteiger partial charge in [-0.25, -0.2) is 0 Å². The predicted molar refractivity (Wildman–Crippen MR) is 53.8 cm³/mol. The van der Waals surface area contributed by atoms with Gasteiger partial charge in [-0.1, -0.05) is 52.9 Å². The molecule has 1 saturated carbocycles. The Kier molecular flexibility index (Phi) is 15.3. The van der Waals surface area contributed by atoms with Crippen molar-refractivity contribution in [3.63, 3.8) is 0 Å². The van der Waals surface area contributed by atoms with Crippen LogP contribution in [0.1, 0.15) is 52.9 Å². The lowest BCUT2D eigenvalue weighted by Gasteiger charge is -2.15. The fourth-order valence-corrected chi connectivity index (χ4v) is 1.31. The van der Waals surface area contributed by atoms with Gasteiger partial charge in [0, 0.05) is 0 Å². The molecule has 2 N–H and O–H groups in total. The van der Waals surface area contributed by atoms with E-state index in [0.29, 0.717) is 0 Å². The van der Waals surface area contributed by atoms with Crippen LogP contribution < -0.4 is 5.73 Å². The Balaban J connectivity index is 0. The van der Waals surface area contributed by atoms with E-state index in [0.717, 1.165) is 5.92 Å². The molecule has 1 fully saturated rings. The van der Waals surface area contributed by atoms with Gasteiger partial charge in [-0.3, -0.25) is 4.79 Å².